The molecule has 1 aromatic rings. The lowest BCUT2D eigenvalue weighted by Crippen LogP contribution is -2.46. The van der Waals surface area contributed by atoms with Gasteiger partial charge in [-0.05, 0) is 61.8 Å². The first-order valence-electron chi connectivity index (χ1n) is 9.10. The molecule has 1 unspecified atom stereocenters. The van der Waals surface area contributed by atoms with Gasteiger partial charge in [0.25, 0.3) is 0 Å². The van der Waals surface area contributed by atoms with Crippen LogP contribution in [0.1, 0.15) is 43.2 Å². The van der Waals surface area contributed by atoms with Crippen molar-refractivity contribution in [3.63, 3.8) is 0 Å². The maximum Gasteiger partial charge on any atom is 0.240 e. The number of aryl methyl sites for hydroxylation is 2. The van der Waals surface area contributed by atoms with E-state index in [1.165, 1.54) is 12.0 Å². The number of carbonyl (C=O) groups excluding carboxylic acids is 1. The monoisotopic (exact) mass is 365 g/mol. The minimum Gasteiger partial charge on any atom is -0.341 e. The number of nitrogens with one attached hydrogen (secondary N) is 1. The fourth-order valence-corrected chi connectivity index (χ4v) is 4.73. The van der Waals surface area contributed by atoms with E-state index in [9.17, 15) is 13.2 Å². The summed E-state index contributed by atoms with van der Waals surface area (Å²) in [6, 6.07) is 5.40. The first-order chi connectivity index (χ1) is 12.0. The van der Waals surface area contributed by atoms with Gasteiger partial charge in [-0.3, -0.25) is 4.79 Å². The maximum atomic E-state index is 12.5. The van der Waals surface area contributed by atoms with Crippen LogP contribution in [0.25, 0.3) is 0 Å². The molecule has 0 radical (unpaired) electrons. The number of piperidine rings is 1. The Morgan fingerprint density at radius 2 is 1.96 bits per heavy atom. The molecule has 0 aromatic heterocycles. The standard InChI is InChI=1S/C18H27N3O3S/c19-16-6-3-11-21(13-16)18(22)9-10-20-25(23,24)17-8-7-14-4-1-2-5-15(14)12-17/h7-8,12,16,20H,1-6,9-11,13,19H2. The molecule has 1 fully saturated rings. The van der Waals surface area contributed by atoms with Crippen LogP contribution in [0.4, 0.5) is 0 Å². The summed E-state index contributed by atoms with van der Waals surface area (Å²) < 4.78 is 27.5. The molecule has 0 bridgehead atoms. The Bertz CT molecular complexity index is 733. The maximum absolute atomic E-state index is 12.5. The van der Waals surface area contributed by atoms with Crippen LogP contribution in [0, 0.1) is 0 Å². The molecule has 1 aliphatic carbocycles. The zero-order valence-electron chi connectivity index (χ0n) is 14.5. The molecule has 0 saturated carbocycles. The normalized spacial score (nSPS) is 21.0. The molecule has 138 valence electrons. The van der Waals surface area contributed by atoms with E-state index in [1.807, 2.05) is 6.07 Å². The fraction of sp³-hybridized carbons (Fsp3) is 0.611. The minimum absolute atomic E-state index is 0.0323. The molecule has 1 atom stereocenters. The molecule has 1 aliphatic heterocycles. The van der Waals surface area contributed by atoms with Crippen LogP contribution >= 0.6 is 0 Å². The third-order valence-corrected chi connectivity index (χ3v) is 6.53. The van der Waals surface area contributed by atoms with Crippen LogP contribution in [0.3, 0.4) is 0 Å². The number of likely N-dealkylation sites (tertiary alicyclic amines) is 1. The molecule has 6 nitrogen and oxygen atoms in total. The van der Waals surface area contributed by atoms with Gasteiger partial charge in [0.05, 0.1) is 4.90 Å². The second kappa shape index (κ2) is 7.85. The number of rotatable bonds is 5. The Kier molecular flexibility index (Phi) is 5.76. The summed E-state index contributed by atoms with van der Waals surface area (Å²) >= 11 is 0. The number of hydrogen-bond donors (Lipinski definition) is 2. The summed E-state index contributed by atoms with van der Waals surface area (Å²) in [6.07, 6.45) is 6.25. The van der Waals surface area contributed by atoms with Crippen LogP contribution in [0.15, 0.2) is 23.1 Å². The van der Waals surface area contributed by atoms with Gasteiger partial charge in [-0.15, -0.1) is 0 Å². The van der Waals surface area contributed by atoms with Crippen molar-refractivity contribution in [3.05, 3.63) is 29.3 Å². The molecule has 1 heterocycles. The predicted octanol–water partition coefficient (Wildman–Crippen LogP) is 1.18. The zero-order chi connectivity index (χ0) is 17.9. The van der Waals surface area contributed by atoms with Gasteiger partial charge in [0.2, 0.25) is 15.9 Å². The lowest BCUT2D eigenvalue weighted by Gasteiger charge is -2.30. The lowest BCUT2D eigenvalue weighted by atomic mass is 9.92. The van der Waals surface area contributed by atoms with E-state index in [-0.39, 0.29) is 24.9 Å². The Balaban J connectivity index is 1.56. The highest BCUT2D eigenvalue weighted by Crippen LogP contribution is 2.24. The summed E-state index contributed by atoms with van der Waals surface area (Å²) in [5.74, 6) is -0.0386. The van der Waals surface area contributed by atoms with Gasteiger partial charge in [-0.2, -0.15) is 0 Å². The Morgan fingerprint density at radius 1 is 1.20 bits per heavy atom. The van der Waals surface area contributed by atoms with Crippen molar-refractivity contribution in [2.24, 2.45) is 5.73 Å². The molecule has 0 spiro atoms. The average molecular weight is 365 g/mol. The van der Waals surface area contributed by atoms with Gasteiger partial charge in [0.1, 0.15) is 0 Å². The topological polar surface area (TPSA) is 92.5 Å². The first kappa shape index (κ1) is 18.4. The Hall–Kier alpha value is -1.44. The van der Waals surface area contributed by atoms with Crippen LogP contribution in [-0.2, 0) is 27.7 Å². The third kappa shape index (κ3) is 4.59. The first-order valence-corrected chi connectivity index (χ1v) is 10.6. The molecule has 1 aromatic carbocycles. The molecule has 1 amide bonds. The van der Waals surface area contributed by atoms with E-state index in [4.69, 9.17) is 5.73 Å². The summed E-state index contributed by atoms with van der Waals surface area (Å²) in [5.41, 5.74) is 8.27. The minimum atomic E-state index is -3.58. The van der Waals surface area contributed by atoms with Crippen LogP contribution in [0.2, 0.25) is 0 Å². The highest BCUT2D eigenvalue weighted by atomic mass is 32.2. The van der Waals surface area contributed by atoms with Crippen LogP contribution in [0.5, 0.6) is 0 Å². The molecule has 3 rings (SSSR count). The van der Waals surface area contributed by atoms with E-state index in [0.29, 0.717) is 18.0 Å². The largest absolute Gasteiger partial charge is 0.341 e. The summed E-state index contributed by atoms with van der Waals surface area (Å²) in [6.45, 7) is 1.39. The van der Waals surface area contributed by atoms with Crippen molar-refractivity contribution in [2.45, 2.75) is 55.9 Å². The quantitative estimate of drug-likeness (QED) is 0.820. The molecule has 25 heavy (non-hydrogen) atoms. The number of sulfonamides is 1. The van der Waals surface area contributed by atoms with Crippen molar-refractivity contribution in [1.82, 2.24) is 9.62 Å². The fourth-order valence-electron chi connectivity index (χ4n) is 3.65. The van der Waals surface area contributed by atoms with E-state index < -0.39 is 10.0 Å². The highest BCUT2D eigenvalue weighted by molar-refractivity contribution is 7.89. The Labute approximate surface area is 149 Å². The van der Waals surface area contributed by atoms with Crippen LogP contribution in [-0.4, -0.2) is 44.9 Å². The molecule has 7 heteroatoms. The van der Waals surface area contributed by atoms with Gasteiger partial charge in [-0.1, -0.05) is 6.07 Å². The number of nitrogens with two attached hydrogens (primary N) is 1. The van der Waals surface area contributed by atoms with E-state index in [2.05, 4.69) is 4.72 Å². The van der Waals surface area contributed by atoms with Gasteiger partial charge >= 0.3 is 0 Å². The molecule has 3 N–H and O–H groups in total. The molecular formula is C18H27N3O3S. The molecule has 2 aliphatic rings. The average Bonchev–Trinajstić information content (AvgIpc) is 2.61. The summed E-state index contributed by atoms with van der Waals surface area (Å²) in [4.78, 5) is 14.2. The Morgan fingerprint density at radius 3 is 2.72 bits per heavy atom. The van der Waals surface area contributed by atoms with E-state index in [0.717, 1.165) is 37.7 Å². The van der Waals surface area contributed by atoms with Gasteiger partial charge in [-0.25, -0.2) is 13.1 Å². The number of carbonyl (C=O) groups is 1. The predicted molar refractivity (Wildman–Crippen MR) is 96.7 cm³/mol. The number of fused-ring (bicyclic) bond motifs is 1. The van der Waals surface area contributed by atoms with E-state index in [1.54, 1.807) is 17.0 Å². The third-order valence-electron chi connectivity index (χ3n) is 5.07. The molecular weight excluding hydrogens is 338 g/mol. The van der Waals surface area contributed by atoms with Crippen molar-refractivity contribution in [2.75, 3.05) is 19.6 Å². The number of benzene rings is 1. The summed E-state index contributed by atoms with van der Waals surface area (Å²) in [5, 5.41) is 0. The molecule has 1 saturated heterocycles. The smallest absolute Gasteiger partial charge is 0.240 e. The second-order valence-electron chi connectivity index (χ2n) is 7.03. The zero-order valence-corrected chi connectivity index (χ0v) is 15.4. The second-order valence-corrected chi connectivity index (χ2v) is 8.79. The van der Waals surface area contributed by atoms with Gasteiger partial charge in [0.15, 0.2) is 0 Å². The SMILES string of the molecule is NC1CCCN(C(=O)CCNS(=O)(=O)c2ccc3c(c2)CCCC3)C1. The van der Waals surface area contributed by atoms with Crippen molar-refractivity contribution < 1.29 is 13.2 Å². The number of amides is 1. The van der Waals surface area contributed by atoms with Crippen molar-refractivity contribution in [1.29, 1.82) is 0 Å². The van der Waals surface area contributed by atoms with Gasteiger partial charge in [0, 0.05) is 32.1 Å². The van der Waals surface area contributed by atoms with Crippen molar-refractivity contribution in [3.8, 4) is 0 Å². The highest BCUT2D eigenvalue weighted by Gasteiger charge is 2.22. The lowest BCUT2D eigenvalue weighted by molar-refractivity contribution is -0.132. The van der Waals surface area contributed by atoms with E-state index >= 15 is 0 Å². The van der Waals surface area contributed by atoms with Gasteiger partial charge < -0.3 is 10.6 Å². The van der Waals surface area contributed by atoms with Crippen molar-refractivity contribution >= 4 is 15.9 Å². The number of nitrogens with zero attached hydrogens (tertiary/aromatic N) is 1. The summed E-state index contributed by atoms with van der Waals surface area (Å²) in [7, 11) is -3.58. The van der Waals surface area contributed by atoms with Crippen LogP contribution < -0.4 is 10.5 Å². The number of hydrogen-bond acceptors (Lipinski definition) is 4.